The highest BCUT2D eigenvalue weighted by atomic mass is 79.9. The van der Waals surface area contributed by atoms with Crippen LogP contribution in [0, 0.1) is 5.92 Å². The van der Waals surface area contributed by atoms with Gasteiger partial charge >= 0.3 is 5.97 Å². The van der Waals surface area contributed by atoms with E-state index in [1.807, 2.05) is 61.5 Å². The molecule has 0 unspecified atom stereocenters. The maximum absolute atomic E-state index is 11.5. The number of carboxylic acids is 1. The summed E-state index contributed by atoms with van der Waals surface area (Å²) in [6.07, 6.45) is 3.40. The first kappa shape index (κ1) is 32.8. The fourth-order valence-corrected chi connectivity index (χ4v) is 6.38. The lowest BCUT2D eigenvalue weighted by Crippen LogP contribution is -2.36. The molecule has 0 bridgehead atoms. The molecule has 1 aliphatic rings. The van der Waals surface area contributed by atoms with Crippen LogP contribution in [0.2, 0.25) is 5.02 Å². The van der Waals surface area contributed by atoms with Gasteiger partial charge in [-0.2, -0.15) is 0 Å². The second-order valence-electron chi connectivity index (χ2n) is 11.6. The van der Waals surface area contributed by atoms with Crippen molar-refractivity contribution in [2.24, 2.45) is 5.92 Å². The van der Waals surface area contributed by atoms with Crippen LogP contribution in [-0.4, -0.2) is 23.8 Å². The average Bonchev–Trinajstić information content (AvgIpc) is 3.04. The summed E-state index contributed by atoms with van der Waals surface area (Å²) in [6.45, 7) is 8.14. The highest BCUT2D eigenvalue weighted by Crippen LogP contribution is 2.50. The van der Waals surface area contributed by atoms with E-state index in [0.29, 0.717) is 17.2 Å². The van der Waals surface area contributed by atoms with Crippen LogP contribution in [0.5, 0.6) is 17.2 Å². The zero-order valence-electron chi connectivity index (χ0n) is 25.5. The number of rotatable bonds is 12. The summed E-state index contributed by atoms with van der Waals surface area (Å²) >= 11 is 9.57. The van der Waals surface area contributed by atoms with Gasteiger partial charge in [0.15, 0.2) is 6.61 Å². The Morgan fingerprint density at radius 1 is 0.978 bits per heavy atom. The molecule has 0 saturated carbocycles. The molecule has 1 N–H and O–H groups in total. The van der Waals surface area contributed by atoms with E-state index in [1.165, 1.54) is 5.56 Å². The number of carbonyl (C=O) groups is 1. The van der Waals surface area contributed by atoms with Crippen LogP contribution < -0.4 is 9.47 Å². The van der Waals surface area contributed by atoms with E-state index in [9.17, 15) is 9.90 Å². The number of ether oxygens (including phenoxy) is 3. The Labute approximate surface area is 278 Å². The summed E-state index contributed by atoms with van der Waals surface area (Å²) in [7, 11) is 0. The predicted molar refractivity (Wildman–Crippen MR) is 183 cm³/mol. The van der Waals surface area contributed by atoms with Crippen molar-refractivity contribution in [1.82, 2.24) is 0 Å². The monoisotopic (exact) mass is 688 g/mol. The molecule has 0 aliphatic carbocycles. The molecular formula is C38H38BrClO5. The molecular weight excluding hydrogens is 652 g/mol. The van der Waals surface area contributed by atoms with Crippen LogP contribution in [0.4, 0.5) is 0 Å². The Hall–Kier alpha value is -3.58. The summed E-state index contributed by atoms with van der Waals surface area (Å²) in [5, 5.41) is 10.1. The van der Waals surface area contributed by atoms with Crippen LogP contribution >= 0.6 is 27.5 Å². The van der Waals surface area contributed by atoms with Gasteiger partial charge in [0.1, 0.15) is 17.2 Å². The van der Waals surface area contributed by atoms with Crippen molar-refractivity contribution in [3.8, 4) is 28.4 Å². The lowest BCUT2D eigenvalue weighted by atomic mass is 9.74. The van der Waals surface area contributed by atoms with E-state index in [1.54, 1.807) is 12.1 Å². The predicted octanol–water partition coefficient (Wildman–Crippen LogP) is 11.0. The van der Waals surface area contributed by atoms with Crippen LogP contribution in [0.15, 0.2) is 108 Å². The first-order valence-electron chi connectivity index (χ1n) is 15.3. The van der Waals surface area contributed by atoms with Crippen molar-refractivity contribution >= 4 is 33.5 Å². The van der Waals surface area contributed by atoms with E-state index >= 15 is 0 Å². The number of benzene rings is 4. The zero-order valence-corrected chi connectivity index (χ0v) is 27.9. The van der Waals surface area contributed by atoms with E-state index in [0.717, 1.165) is 57.4 Å². The molecule has 7 heteroatoms. The molecule has 4 aromatic rings. The number of halogens is 2. The van der Waals surface area contributed by atoms with E-state index in [2.05, 4.69) is 53.7 Å². The molecule has 1 heterocycles. The fraction of sp³-hybridized carbons (Fsp3) is 0.289. The Morgan fingerprint density at radius 2 is 1.62 bits per heavy atom. The summed E-state index contributed by atoms with van der Waals surface area (Å²) in [5.74, 6) is 0.867. The van der Waals surface area contributed by atoms with Crippen molar-refractivity contribution in [2.75, 3.05) is 6.61 Å². The second-order valence-corrected chi connectivity index (χ2v) is 13.0. The molecule has 0 aromatic heterocycles. The molecule has 1 fully saturated rings. The largest absolute Gasteiger partial charge is 0.482 e. The standard InChI is InChI=1S/C38H38BrClO5/c1-4-5-6-36-33(27-9-7-25(8-10-27)26-11-15-29(40)16-12-26)22-32(24(2)3)38(45-36)34-21-31(19-20-35(34)43-23-37(41)42)44-30-17-13-28(39)14-18-30/h7-21,32-33,36,38H,2,4-6,22-23H2,1,3H3,(H,41,42)/t32-,33-,36+,38+/m0/s1. The first-order valence-corrected chi connectivity index (χ1v) is 16.5. The lowest BCUT2D eigenvalue weighted by Gasteiger charge is -2.43. The van der Waals surface area contributed by atoms with E-state index < -0.39 is 12.6 Å². The summed E-state index contributed by atoms with van der Waals surface area (Å²) in [4.78, 5) is 11.5. The number of hydrogen-bond acceptors (Lipinski definition) is 4. The summed E-state index contributed by atoms with van der Waals surface area (Å²) in [6, 6.07) is 29.7. The Morgan fingerprint density at radius 3 is 2.24 bits per heavy atom. The molecule has 1 aliphatic heterocycles. The molecule has 234 valence electrons. The SMILES string of the molecule is C=C(C)[C@@H]1C[C@@H](c2ccc(-c3ccc(Cl)cc3)cc2)[C@@H](CCCC)O[C@H]1c1cc(Oc2ccc(Br)cc2)ccc1OCC(=O)O. The van der Waals surface area contributed by atoms with Gasteiger partial charge in [-0.3, -0.25) is 0 Å². The number of unbranched alkanes of at least 4 members (excludes halogenated alkanes) is 1. The number of hydrogen-bond donors (Lipinski definition) is 1. The van der Waals surface area contributed by atoms with Gasteiger partial charge in [-0.05, 0) is 91.1 Å². The van der Waals surface area contributed by atoms with Gasteiger partial charge in [-0.15, -0.1) is 0 Å². The van der Waals surface area contributed by atoms with Gasteiger partial charge in [0.05, 0.1) is 12.2 Å². The highest BCUT2D eigenvalue weighted by Gasteiger charge is 2.40. The smallest absolute Gasteiger partial charge is 0.341 e. The molecule has 1 saturated heterocycles. The normalized spacial score (nSPS) is 19.6. The maximum atomic E-state index is 11.5. The third-order valence-electron chi connectivity index (χ3n) is 8.32. The Bertz CT molecular complexity index is 1600. The van der Waals surface area contributed by atoms with Gasteiger partial charge in [0.2, 0.25) is 0 Å². The fourth-order valence-electron chi connectivity index (χ4n) is 5.99. The average molecular weight is 690 g/mol. The van der Waals surface area contributed by atoms with Crippen molar-refractivity contribution in [2.45, 2.75) is 57.7 Å². The molecule has 45 heavy (non-hydrogen) atoms. The molecule has 4 atom stereocenters. The second kappa shape index (κ2) is 15.1. The zero-order chi connectivity index (χ0) is 31.9. The van der Waals surface area contributed by atoms with Crippen molar-refractivity contribution in [3.63, 3.8) is 0 Å². The van der Waals surface area contributed by atoms with Gasteiger partial charge < -0.3 is 19.3 Å². The third-order valence-corrected chi connectivity index (χ3v) is 9.10. The molecule has 0 radical (unpaired) electrons. The molecule has 5 nitrogen and oxygen atoms in total. The summed E-state index contributed by atoms with van der Waals surface area (Å²) in [5.41, 5.74) is 5.24. The molecule has 4 aromatic carbocycles. The quantitative estimate of drug-likeness (QED) is 0.150. The maximum Gasteiger partial charge on any atom is 0.341 e. The van der Waals surface area contributed by atoms with Crippen molar-refractivity contribution in [1.29, 1.82) is 0 Å². The van der Waals surface area contributed by atoms with Gasteiger partial charge in [0, 0.05) is 26.9 Å². The highest BCUT2D eigenvalue weighted by molar-refractivity contribution is 9.10. The Balaban J connectivity index is 1.48. The van der Waals surface area contributed by atoms with Crippen LogP contribution in [0.25, 0.3) is 11.1 Å². The topological polar surface area (TPSA) is 65.0 Å². The summed E-state index contributed by atoms with van der Waals surface area (Å²) < 4.78 is 20.0. The minimum absolute atomic E-state index is 0.0288. The third kappa shape index (κ3) is 8.37. The van der Waals surface area contributed by atoms with Crippen LogP contribution in [0.1, 0.15) is 62.7 Å². The van der Waals surface area contributed by atoms with Gasteiger partial charge in [-0.25, -0.2) is 4.79 Å². The molecule has 0 amide bonds. The van der Waals surface area contributed by atoms with Crippen LogP contribution in [-0.2, 0) is 9.53 Å². The minimum Gasteiger partial charge on any atom is -0.482 e. The van der Waals surface area contributed by atoms with Crippen molar-refractivity contribution < 1.29 is 24.1 Å². The minimum atomic E-state index is -1.04. The van der Waals surface area contributed by atoms with Gasteiger partial charge in [0.25, 0.3) is 0 Å². The lowest BCUT2D eigenvalue weighted by molar-refractivity contribution is -0.139. The first-order chi connectivity index (χ1) is 21.7. The van der Waals surface area contributed by atoms with Gasteiger partial charge in [-0.1, -0.05) is 95.8 Å². The molecule has 5 rings (SSSR count). The van der Waals surface area contributed by atoms with E-state index in [-0.39, 0.29) is 24.0 Å². The van der Waals surface area contributed by atoms with Crippen LogP contribution in [0.3, 0.4) is 0 Å². The van der Waals surface area contributed by atoms with E-state index in [4.69, 9.17) is 25.8 Å². The number of aliphatic carboxylic acids is 1. The van der Waals surface area contributed by atoms with Crippen molar-refractivity contribution in [3.05, 3.63) is 124 Å². The molecule has 0 spiro atoms. The Kier molecular flexibility index (Phi) is 11.0. The number of carboxylic acid groups (broad SMARTS) is 1.